The van der Waals surface area contributed by atoms with Gasteiger partial charge in [-0.3, -0.25) is 4.98 Å². The minimum atomic E-state index is 0.194. The van der Waals surface area contributed by atoms with Crippen molar-refractivity contribution >= 4 is 0 Å². The molecule has 106 valence electrons. The van der Waals surface area contributed by atoms with Crippen LogP contribution >= 0.6 is 0 Å². The number of methoxy groups -OCH3 is 1. The Morgan fingerprint density at radius 2 is 1.90 bits per heavy atom. The van der Waals surface area contributed by atoms with Crippen molar-refractivity contribution < 1.29 is 4.74 Å². The average Bonchev–Trinajstić information content (AvgIpc) is 2.46. The average molecular weight is 270 g/mol. The third-order valence-electron chi connectivity index (χ3n) is 3.49. The lowest BCUT2D eigenvalue weighted by Gasteiger charge is -2.19. The van der Waals surface area contributed by atoms with Gasteiger partial charge in [0, 0.05) is 29.9 Å². The predicted molar refractivity (Wildman–Crippen MR) is 82.2 cm³/mol. The van der Waals surface area contributed by atoms with Crippen LogP contribution in [0.2, 0.25) is 0 Å². The first-order chi connectivity index (χ1) is 9.63. The van der Waals surface area contributed by atoms with Gasteiger partial charge in [-0.1, -0.05) is 23.8 Å². The molecule has 3 heteroatoms. The molecule has 1 aromatic carbocycles. The molecule has 0 amide bonds. The third-order valence-corrected chi connectivity index (χ3v) is 3.49. The van der Waals surface area contributed by atoms with Crippen LogP contribution in [-0.4, -0.2) is 19.1 Å². The van der Waals surface area contributed by atoms with E-state index in [0.717, 1.165) is 17.9 Å². The van der Waals surface area contributed by atoms with Gasteiger partial charge in [-0.05, 0) is 38.6 Å². The van der Waals surface area contributed by atoms with Gasteiger partial charge in [0.05, 0.1) is 7.11 Å². The molecule has 0 saturated carbocycles. The zero-order valence-corrected chi connectivity index (χ0v) is 12.6. The highest BCUT2D eigenvalue weighted by Gasteiger charge is 2.15. The highest BCUT2D eigenvalue weighted by atomic mass is 16.5. The molecule has 0 spiro atoms. The van der Waals surface area contributed by atoms with Crippen molar-refractivity contribution in [3.05, 3.63) is 58.9 Å². The molecule has 1 N–H and O–H groups in total. The van der Waals surface area contributed by atoms with E-state index in [1.165, 1.54) is 16.7 Å². The molecule has 0 radical (unpaired) electrons. The number of aromatic nitrogens is 1. The zero-order chi connectivity index (χ0) is 14.5. The summed E-state index contributed by atoms with van der Waals surface area (Å²) in [6.07, 6.45) is 2.76. The van der Waals surface area contributed by atoms with E-state index in [1.54, 1.807) is 7.11 Å². The van der Waals surface area contributed by atoms with Gasteiger partial charge >= 0.3 is 0 Å². The zero-order valence-electron chi connectivity index (χ0n) is 12.6. The molecule has 1 unspecified atom stereocenters. The molecular weight excluding hydrogens is 248 g/mol. The maximum atomic E-state index is 5.48. The molecule has 1 atom stereocenters. The molecule has 0 aliphatic rings. The lowest BCUT2D eigenvalue weighted by atomic mass is 9.98. The number of pyridine rings is 1. The SMILES string of the molecule is CNC(Cc1ccc(C)cn1)c1cc(C)ccc1OC. The van der Waals surface area contributed by atoms with Gasteiger partial charge < -0.3 is 10.1 Å². The molecular formula is C17H22N2O. The van der Waals surface area contributed by atoms with Crippen molar-refractivity contribution in [3.63, 3.8) is 0 Å². The van der Waals surface area contributed by atoms with Crippen LogP contribution in [-0.2, 0) is 6.42 Å². The molecule has 0 aliphatic carbocycles. The molecule has 0 aliphatic heterocycles. The topological polar surface area (TPSA) is 34.2 Å². The number of rotatable bonds is 5. The van der Waals surface area contributed by atoms with Gasteiger partial charge in [-0.25, -0.2) is 0 Å². The van der Waals surface area contributed by atoms with Crippen LogP contribution in [0.15, 0.2) is 36.5 Å². The maximum Gasteiger partial charge on any atom is 0.123 e. The summed E-state index contributed by atoms with van der Waals surface area (Å²) < 4.78 is 5.48. The summed E-state index contributed by atoms with van der Waals surface area (Å²) in [7, 11) is 3.69. The largest absolute Gasteiger partial charge is 0.496 e. The van der Waals surface area contributed by atoms with E-state index in [0.29, 0.717) is 0 Å². The highest BCUT2D eigenvalue weighted by molar-refractivity contribution is 5.39. The lowest BCUT2D eigenvalue weighted by molar-refractivity contribution is 0.400. The molecule has 2 rings (SSSR count). The molecule has 1 heterocycles. The monoisotopic (exact) mass is 270 g/mol. The van der Waals surface area contributed by atoms with E-state index < -0.39 is 0 Å². The van der Waals surface area contributed by atoms with Gasteiger partial charge in [0.2, 0.25) is 0 Å². The Balaban J connectivity index is 2.28. The minimum Gasteiger partial charge on any atom is -0.496 e. The standard InChI is InChI=1S/C17H22N2O/c1-12-6-8-17(20-4)15(9-12)16(18-3)10-14-7-5-13(2)11-19-14/h5-9,11,16,18H,10H2,1-4H3. The van der Waals surface area contributed by atoms with Crippen molar-refractivity contribution in [1.29, 1.82) is 0 Å². The quantitative estimate of drug-likeness (QED) is 0.906. The summed E-state index contributed by atoms with van der Waals surface area (Å²) in [5.41, 5.74) is 4.68. The second-order valence-electron chi connectivity index (χ2n) is 5.12. The van der Waals surface area contributed by atoms with Crippen molar-refractivity contribution in [1.82, 2.24) is 10.3 Å². The number of aryl methyl sites for hydroxylation is 2. The van der Waals surface area contributed by atoms with Crippen LogP contribution in [0.5, 0.6) is 5.75 Å². The van der Waals surface area contributed by atoms with E-state index in [-0.39, 0.29) is 6.04 Å². The molecule has 1 aromatic heterocycles. The van der Waals surface area contributed by atoms with Crippen LogP contribution in [0.1, 0.15) is 28.4 Å². The first kappa shape index (κ1) is 14.5. The summed E-state index contributed by atoms with van der Waals surface area (Å²) in [4.78, 5) is 4.49. The van der Waals surface area contributed by atoms with Gasteiger partial charge in [-0.15, -0.1) is 0 Å². The number of nitrogens with zero attached hydrogens (tertiary/aromatic N) is 1. The summed E-state index contributed by atoms with van der Waals surface area (Å²) >= 11 is 0. The Labute approximate surface area is 121 Å². The van der Waals surface area contributed by atoms with E-state index in [2.05, 4.69) is 48.4 Å². The number of hydrogen-bond acceptors (Lipinski definition) is 3. The predicted octanol–water partition coefficient (Wildman–Crippen LogP) is 3.21. The van der Waals surface area contributed by atoms with E-state index >= 15 is 0 Å². The fourth-order valence-electron chi connectivity index (χ4n) is 2.32. The van der Waals surface area contributed by atoms with Gasteiger partial charge in [0.25, 0.3) is 0 Å². The summed E-state index contributed by atoms with van der Waals surface area (Å²) in [6, 6.07) is 10.6. The van der Waals surface area contributed by atoms with Crippen LogP contribution in [0.4, 0.5) is 0 Å². The van der Waals surface area contributed by atoms with Crippen molar-refractivity contribution in [2.75, 3.05) is 14.2 Å². The second kappa shape index (κ2) is 6.53. The number of likely N-dealkylation sites (N-methyl/N-ethyl adjacent to an activating group) is 1. The first-order valence-electron chi connectivity index (χ1n) is 6.87. The van der Waals surface area contributed by atoms with Gasteiger partial charge in [0.1, 0.15) is 5.75 Å². The van der Waals surface area contributed by atoms with Crippen molar-refractivity contribution in [2.45, 2.75) is 26.3 Å². The molecule has 0 bridgehead atoms. The normalized spacial score (nSPS) is 12.2. The molecule has 3 nitrogen and oxygen atoms in total. The van der Waals surface area contributed by atoms with Gasteiger partial charge in [0.15, 0.2) is 0 Å². The minimum absolute atomic E-state index is 0.194. The molecule has 20 heavy (non-hydrogen) atoms. The van der Waals surface area contributed by atoms with Crippen molar-refractivity contribution in [2.24, 2.45) is 0 Å². The van der Waals surface area contributed by atoms with Crippen LogP contribution < -0.4 is 10.1 Å². The smallest absolute Gasteiger partial charge is 0.123 e. The number of ether oxygens (including phenoxy) is 1. The summed E-state index contributed by atoms with van der Waals surface area (Å²) in [5.74, 6) is 0.919. The highest BCUT2D eigenvalue weighted by Crippen LogP contribution is 2.28. The Morgan fingerprint density at radius 1 is 1.15 bits per heavy atom. The Bertz CT molecular complexity index is 564. The Kier molecular flexibility index (Phi) is 4.74. The van der Waals surface area contributed by atoms with Crippen LogP contribution in [0.3, 0.4) is 0 Å². The fourth-order valence-corrected chi connectivity index (χ4v) is 2.32. The second-order valence-corrected chi connectivity index (χ2v) is 5.12. The summed E-state index contributed by atoms with van der Waals surface area (Å²) in [6.45, 7) is 4.15. The molecule has 0 fully saturated rings. The first-order valence-corrected chi connectivity index (χ1v) is 6.87. The molecule has 2 aromatic rings. The van der Waals surface area contributed by atoms with Crippen LogP contribution in [0, 0.1) is 13.8 Å². The van der Waals surface area contributed by atoms with Gasteiger partial charge in [-0.2, -0.15) is 0 Å². The number of benzene rings is 1. The lowest BCUT2D eigenvalue weighted by Crippen LogP contribution is -2.20. The van der Waals surface area contributed by atoms with E-state index in [4.69, 9.17) is 4.74 Å². The van der Waals surface area contributed by atoms with E-state index in [1.807, 2.05) is 19.3 Å². The Morgan fingerprint density at radius 3 is 2.50 bits per heavy atom. The summed E-state index contributed by atoms with van der Waals surface area (Å²) in [5, 5.41) is 3.36. The fraction of sp³-hybridized carbons (Fsp3) is 0.353. The number of nitrogens with one attached hydrogen (secondary N) is 1. The maximum absolute atomic E-state index is 5.48. The number of hydrogen-bond donors (Lipinski definition) is 1. The molecule has 0 saturated heterocycles. The Hall–Kier alpha value is -1.87. The van der Waals surface area contributed by atoms with E-state index in [9.17, 15) is 0 Å². The van der Waals surface area contributed by atoms with Crippen molar-refractivity contribution in [3.8, 4) is 5.75 Å². The third kappa shape index (κ3) is 3.36. The van der Waals surface area contributed by atoms with Crippen LogP contribution in [0.25, 0.3) is 0 Å².